The van der Waals surface area contributed by atoms with Crippen molar-refractivity contribution in [3.8, 4) is 0 Å². The standard InChI is InChI=1S/C15H11BrF2N2/c1-8-4-10(16)6-13-15(8)20-14(19-13)5-9-2-3-11(17)7-12(9)18/h2-4,6-7H,5H2,1H3,(H,19,20). The Balaban J connectivity index is 2.01. The number of hydrogen-bond acceptors (Lipinski definition) is 1. The first-order chi connectivity index (χ1) is 9.52. The lowest BCUT2D eigenvalue weighted by molar-refractivity contribution is 0.574. The van der Waals surface area contributed by atoms with Crippen LogP contribution in [0.5, 0.6) is 0 Å². The molecule has 1 heterocycles. The zero-order valence-corrected chi connectivity index (χ0v) is 12.3. The number of aromatic amines is 1. The predicted octanol–water partition coefficient (Wildman–Crippen LogP) is 4.50. The second-order valence-electron chi connectivity index (χ2n) is 4.71. The average Bonchev–Trinajstić information content (AvgIpc) is 2.75. The summed E-state index contributed by atoms with van der Waals surface area (Å²) in [5.74, 6) is -0.467. The van der Waals surface area contributed by atoms with Gasteiger partial charge in [0.1, 0.15) is 17.5 Å². The van der Waals surface area contributed by atoms with Gasteiger partial charge in [-0.1, -0.05) is 22.0 Å². The minimum Gasteiger partial charge on any atom is -0.342 e. The third-order valence-electron chi connectivity index (χ3n) is 3.16. The molecule has 0 unspecified atom stereocenters. The highest BCUT2D eigenvalue weighted by atomic mass is 79.9. The first kappa shape index (κ1) is 13.2. The largest absolute Gasteiger partial charge is 0.342 e. The Morgan fingerprint density at radius 2 is 2.00 bits per heavy atom. The van der Waals surface area contributed by atoms with Crippen LogP contribution in [0.2, 0.25) is 0 Å². The van der Waals surface area contributed by atoms with Crippen LogP contribution in [0.15, 0.2) is 34.8 Å². The van der Waals surface area contributed by atoms with Gasteiger partial charge in [0, 0.05) is 17.0 Å². The van der Waals surface area contributed by atoms with Crippen LogP contribution >= 0.6 is 15.9 Å². The Hall–Kier alpha value is -1.75. The van der Waals surface area contributed by atoms with Gasteiger partial charge in [-0.15, -0.1) is 0 Å². The van der Waals surface area contributed by atoms with E-state index in [4.69, 9.17) is 0 Å². The Morgan fingerprint density at radius 3 is 2.75 bits per heavy atom. The van der Waals surface area contributed by atoms with Crippen LogP contribution in [0.25, 0.3) is 11.0 Å². The van der Waals surface area contributed by atoms with E-state index in [2.05, 4.69) is 25.9 Å². The summed E-state index contributed by atoms with van der Waals surface area (Å²) in [6, 6.07) is 7.49. The van der Waals surface area contributed by atoms with Gasteiger partial charge < -0.3 is 4.98 Å². The molecule has 0 aliphatic carbocycles. The van der Waals surface area contributed by atoms with Crippen LogP contribution in [0.3, 0.4) is 0 Å². The number of hydrogen-bond donors (Lipinski definition) is 1. The van der Waals surface area contributed by atoms with Gasteiger partial charge in [-0.3, -0.25) is 0 Å². The fourth-order valence-electron chi connectivity index (χ4n) is 2.23. The van der Waals surface area contributed by atoms with Crippen LogP contribution in [-0.2, 0) is 6.42 Å². The summed E-state index contributed by atoms with van der Waals surface area (Å²) in [5, 5.41) is 0. The number of aromatic nitrogens is 2. The number of H-pyrrole nitrogens is 1. The van der Waals surface area contributed by atoms with Gasteiger partial charge in [0.25, 0.3) is 0 Å². The summed E-state index contributed by atoms with van der Waals surface area (Å²) in [5.41, 5.74) is 3.22. The lowest BCUT2D eigenvalue weighted by Gasteiger charge is -2.00. The van der Waals surface area contributed by atoms with Crippen LogP contribution in [0, 0.1) is 18.6 Å². The van der Waals surface area contributed by atoms with Crippen molar-refractivity contribution in [2.45, 2.75) is 13.3 Å². The molecule has 0 amide bonds. The number of fused-ring (bicyclic) bond motifs is 1. The summed E-state index contributed by atoms with van der Waals surface area (Å²) in [4.78, 5) is 7.64. The van der Waals surface area contributed by atoms with E-state index in [1.807, 2.05) is 19.1 Å². The van der Waals surface area contributed by atoms with Crippen LogP contribution in [-0.4, -0.2) is 9.97 Å². The van der Waals surface area contributed by atoms with Crippen molar-refractivity contribution < 1.29 is 8.78 Å². The summed E-state index contributed by atoms with van der Waals surface area (Å²) in [7, 11) is 0. The molecule has 0 atom stereocenters. The van der Waals surface area contributed by atoms with Gasteiger partial charge in [-0.05, 0) is 36.2 Å². The molecule has 0 bridgehead atoms. The molecule has 0 aliphatic rings. The van der Waals surface area contributed by atoms with E-state index >= 15 is 0 Å². The van der Waals surface area contributed by atoms with Crippen LogP contribution in [0.4, 0.5) is 8.78 Å². The topological polar surface area (TPSA) is 28.7 Å². The first-order valence-corrected chi connectivity index (χ1v) is 6.91. The SMILES string of the molecule is Cc1cc(Br)cc2[nH]c(Cc3ccc(F)cc3F)nc12. The quantitative estimate of drug-likeness (QED) is 0.733. The zero-order chi connectivity index (χ0) is 14.3. The second-order valence-corrected chi connectivity index (χ2v) is 5.63. The first-order valence-electron chi connectivity index (χ1n) is 6.11. The molecule has 2 aromatic carbocycles. The lowest BCUT2D eigenvalue weighted by Crippen LogP contribution is -1.95. The summed E-state index contributed by atoms with van der Waals surface area (Å²) in [6.07, 6.45) is 0.303. The molecular formula is C15H11BrF2N2. The molecule has 3 aromatic rings. The van der Waals surface area contributed by atoms with Gasteiger partial charge >= 0.3 is 0 Å². The predicted molar refractivity (Wildman–Crippen MR) is 77.7 cm³/mol. The fraction of sp³-hybridized carbons (Fsp3) is 0.133. The molecule has 0 fully saturated rings. The highest BCUT2D eigenvalue weighted by Crippen LogP contribution is 2.23. The number of benzene rings is 2. The van der Waals surface area contributed by atoms with E-state index in [0.29, 0.717) is 17.8 Å². The molecule has 102 valence electrons. The molecule has 5 heteroatoms. The molecule has 3 rings (SSSR count). The molecular weight excluding hydrogens is 326 g/mol. The maximum atomic E-state index is 13.6. The van der Waals surface area contributed by atoms with Crippen molar-refractivity contribution in [1.82, 2.24) is 9.97 Å². The minimum atomic E-state index is -0.573. The van der Waals surface area contributed by atoms with E-state index < -0.39 is 11.6 Å². The van der Waals surface area contributed by atoms with Gasteiger partial charge in [0.05, 0.1) is 11.0 Å². The van der Waals surface area contributed by atoms with Gasteiger partial charge in [0.15, 0.2) is 0 Å². The Bertz CT molecular complexity index is 796. The van der Waals surface area contributed by atoms with Crippen molar-refractivity contribution in [2.75, 3.05) is 0 Å². The van der Waals surface area contributed by atoms with Gasteiger partial charge in [-0.25, -0.2) is 13.8 Å². The number of imidazole rings is 1. The molecule has 2 nitrogen and oxygen atoms in total. The van der Waals surface area contributed by atoms with Crippen molar-refractivity contribution in [1.29, 1.82) is 0 Å². The molecule has 0 radical (unpaired) electrons. The smallest absolute Gasteiger partial charge is 0.129 e. The molecule has 1 N–H and O–H groups in total. The van der Waals surface area contributed by atoms with E-state index in [1.54, 1.807) is 0 Å². The van der Waals surface area contributed by atoms with E-state index in [-0.39, 0.29) is 0 Å². The summed E-state index contributed by atoms with van der Waals surface area (Å²) < 4.78 is 27.5. The van der Waals surface area contributed by atoms with E-state index in [9.17, 15) is 8.78 Å². The molecule has 0 spiro atoms. The fourth-order valence-corrected chi connectivity index (χ4v) is 2.80. The molecule has 0 saturated carbocycles. The van der Waals surface area contributed by atoms with Crippen molar-refractivity contribution in [2.24, 2.45) is 0 Å². The van der Waals surface area contributed by atoms with E-state index in [1.165, 1.54) is 12.1 Å². The van der Waals surface area contributed by atoms with Crippen molar-refractivity contribution in [3.05, 3.63) is 63.4 Å². The third kappa shape index (κ3) is 2.45. The Morgan fingerprint density at radius 1 is 1.20 bits per heavy atom. The lowest BCUT2D eigenvalue weighted by atomic mass is 10.1. The molecule has 0 aliphatic heterocycles. The van der Waals surface area contributed by atoms with Gasteiger partial charge in [0.2, 0.25) is 0 Å². The maximum Gasteiger partial charge on any atom is 0.129 e. The highest BCUT2D eigenvalue weighted by Gasteiger charge is 2.10. The second kappa shape index (κ2) is 4.98. The maximum absolute atomic E-state index is 13.6. The summed E-state index contributed by atoms with van der Waals surface area (Å²) >= 11 is 3.43. The monoisotopic (exact) mass is 336 g/mol. The van der Waals surface area contributed by atoms with Crippen LogP contribution < -0.4 is 0 Å². The van der Waals surface area contributed by atoms with Crippen LogP contribution in [0.1, 0.15) is 17.0 Å². The molecule has 1 aromatic heterocycles. The summed E-state index contributed by atoms with van der Waals surface area (Å²) in [6.45, 7) is 1.97. The normalized spacial score (nSPS) is 11.2. The number of aryl methyl sites for hydroxylation is 1. The molecule has 20 heavy (non-hydrogen) atoms. The zero-order valence-electron chi connectivity index (χ0n) is 10.7. The Labute approximate surface area is 123 Å². The number of rotatable bonds is 2. The Kier molecular flexibility index (Phi) is 3.30. The van der Waals surface area contributed by atoms with Crippen molar-refractivity contribution >= 4 is 27.0 Å². The number of halogens is 3. The number of nitrogens with zero attached hydrogens (tertiary/aromatic N) is 1. The number of nitrogens with one attached hydrogen (secondary N) is 1. The minimum absolute atomic E-state index is 0.303. The highest BCUT2D eigenvalue weighted by molar-refractivity contribution is 9.10. The van der Waals surface area contributed by atoms with E-state index in [0.717, 1.165) is 27.1 Å². The molecule has 0 saturated heterocycles. The average molecular weight is 337 g/mol. The van der Waals surface area contributed by atoms with Crippen molar-refractivity contribution in [3.63, 3.8) is 0 Å². The van der Waals surface area contributed by atoms with Gasteiger partial charge in [-0.2, -0.15) is 0 Å². The third-order valence-corrected chi connectivity index (χ3v) is 3.62.